The van der Waals surface area contributed by atoms with Gasteiger partial charge in [0.1, 0.15) is 12.2 Å². The normalized spacial score (nSPS) is 14.0. The molecule has 0 saturated heterocycles. The van der Waals surface area contributed by atoms with Gasteiger partial charge in [0.25, 0.3) is 0 Å². The molecule has 0 heterocycles. The van der Waals surface area contributed by atoms with Crippen LogP contribution in [0.3, 0.4) is 0 Å². The number of benzene rings is 2. The molecule has 1 aliphatic rings. The molecule has 2 aromatic rings. The zero-order valence-corrected chi connectivity index (χ0v) is 28.4. The van der Waals surface area contributed by atoms with Gasteiger partial charge in [-0.25, -0.2) is 9.59 Å². The highest BCUT2D eigenvalue weighted by Crippen LogP contribution is 2.44. The number of unbranched alkanes of at least 4 members (excludes halogenated alkanes) is 1. The van der Waals surface area contributed by atoms with Crippen molar-refractivity contribution >= 4 is 35.2 Å². The van der Waals surface area contributed by atoms with E-state index < -0.39 is 41.3 Å². The van der Waals surface area contributed by atoms with E-state index in [0.29, 0.717) is 30.7 Å². The van der Waals surface area contributed by atoms with Gasteiger partial charge in [-0.05, 0) is 89.5 Å². The molecule has 45 heavy (non-hydrogen) atoms. The van der Waals surface area contributed by atoms with E-state index in [0.717, 1.165) is 11.1 Å². The molecule has 2 atom stereocenters. The smallest absolute Gasteiger partial charge is 0.408 e. The molecule has 246 valence electrons. The van der Waals surface area contributed by atoms with Crippen molar-refractivity contribution in [2.24, 2.45) is 5.92 Å². The molecule has 0 radical (unpaired) electrons. The Morgan fingerprint density at radius 1 is 0.867 bits per heavy atom. The van der Waals surface area contributed by atoms with Gasteiger partial charge in [-0.3, -0.25) is 4.79 Å². The summed E-state index contributed by atoms with van der Waals surface area (Å²) in [5, 5.41) is 5.70. The molecule has 0 aromatic heterocycles. The number of ether oxygens (including phenoxy) is 4. The van der Waals surface area contributed by atoms with Crippen LogP contribution in [0.1, 0.15) is 84.3 Å². The number of thiocarbonyl (C=S) groups is 1. The van der Waals surface area contributed by atoms with E-state index in [4.69, 9.17) is 31.2 Å². The van der Waals surface area contributed by atoms with E-state index in [1.807, 2.05) is 45.0 Å². The molecule has 0 bridgehead atoms. The molecule has 0 spiro atoms. The fourth-order valence-electron chi connectivity index (χ4n) is 5.19. The number of carbonyl (C=O) groups excluding carboxylic acids is 3. The largest absolute Gasteiger partial charge is 0.469 e. The van der Waals surface area contributed by atoms with Crippen molar-refractivity contribution in [1.29, 1.82) is 0 Å². The van der Waals surface area contributed by atoms with Crippen molar-refractivity contribution < 1.29 is 33.3 Å². The SMILES string of the molecule is COC(=O)[C@H](COC(C)(C)C)CC(=S)[C@H](CCCCNC(=O)OCC1c2ccccc2-c2ccccc21)NC(=O)OC(C)(C)C. The van der Waals surface area contributed by atoms with Crippen molar-refractivity contribution in [1.82, 2.24) is 10.6 Å². The molecule has 1 aliphatic carbocycles. The monoisotopic (exact) mass is 640 g/mol. The minimum atomic E-state index is -0.682. The zero-order chi connectivity index (χ0) is 33.2. The molecule has 0 aliphatic heterocycles. The summed E-state index contributed by atoms with van der Waals surface area (Å²) in [6, 6.07) is 15.9. The van der Waals surface area contributed by atoms with Crippen LogP contribution in [-0.2, 0) is 23.7 Å². The first kappa shape index (κ1) is 36.0. The predicted molar refractivity (Wildman–Crippen MR) is 179 cm³/mol. The van der Waals surface area contributed by atoms with E-state index in [9.17, 15) is 14.4 Å². The van der Waals surface area contributed by atoms with Crippen LogP contribution in [0.2, 0.25) is 0 Å². The van der Waals surface area contributed by atoms with Gasteiger partial charge in [-0.15, -0.1) is 0 Å². The molecule has 10 heteroatoms. The number of carbonyl (C=O) groups is 3. The van der Waals surface area contributed by atoms with Crippen LogP contribution in [0.15, 0.2) is 48.5 Å². The Labute approximate surface area is 272 Å². The Morgan fingerprint density at radius 2 is 1.47 bits per heavy atom. The number of hydrogen-bond acceptors (Lipinski definition) is 8. The molecule has 0 saturated carbocycles. The van der Waals surface area contributed by atoms with Gasteiger partial charge < -0.3 is 29.6 Å². The minimum Gasteiger partial charge on any atom is -0.469 e. The second-order valence-corrected chi connectivity index (χ2v) is 13.8. The highest BCUT2D eigenvalue weighted by molar-refractivity contribution is 7.80. The Balaban J connectivity index is 1.52. The predicted octanol–water partition coefficient (Wildman–Crippen LogP) is 6.95. The summed E-state index contributed by atoms with van der Waals surface area (Å²) in [5.41, 5.74) is 3.54. The van der Waals surface area contributed by atoms with E-state index in [-0.39, 0.29) is 25.6 Å². The van der Waals surface area contributed by atoms with Crippen LogP contribution in [0, 0.1) is 5.92 Å². The lowest BCUT2D eigenvalue weighted by Gasteiger charge is -2.27. The molecule has 2 aromatic carbocycles. The molecule has 2 amide bonds. The molecule has 2 N–H and O–H groups in total. The van der Waals surface area contributed by atoms with Crippen LogP contribution in [0.25, 0.3) is 11.1 Å². The van der Waals surface area contributed by atoms with Crippen LogP contribution in [-0.4, -0.2) is 67.1 Å². The first-order chi connectivity index (χ1) is 21.2. The first-order valence-electron chi connectivity index (χ1n) is 15.5. The van der Waals surface area contributed by atoms with Gasteiger partial charge in [0.2, 0.25) is 0 Å². The maximum Gasteiger partial charge on any atom is 0.408 e. The van der Waals surface area contributed by atoms with Gasteiger partial charge in [-0.2, -0.15) is 0 Å². The summed E-state index contributed by atoms with van der Waals surface area (Å²) >= 11 is 5.73. The van der Waals surface area contributed by atoms with E-state index in [1.165, 1.54) is 18.2 Å². The summed E-state index contributed by atoms with van der Waals surface area (Å²) in [7, 11) is 1.33. The van der Waals surface area contributed by atoms with Crippen molar-refractivity contribution in [2.75, 3.05) is 26.9 Å². The van der Waals surface area contributed by atoms with Crippen molar-refractivity contribution in [3.63, 3.8) is 0 Å². The fraction of sp³-hybridized carbons (Fsp3) is 0.543. The highest BCUT2D eigenvalue weighted by atomic mass is 32.1. The fourth-order valence-corrected chi connectivity index (χ4v) is 5.57. The lowest BCUT2D eigenvalue weighted by atomic mass is 9.97. The van der Waals surface area contributed by atoms with Gasteiger partial charge in [0, 0.05) is 17.3 Å². The van der Waals surface area contributed by atoms with Gasteiger partial charge in [-0.1, -0.05) is 60.7 Å². The number of methoxy groups -OCH3 is 1. The lowest BCUT2D eigenvalue weighted by Crippen LogP contribution is -2.44. The Morgan fingerprint density at radius 3 is 2.02 bits per heavy atom. The van der Waals surface area contributed by atoms with E-state index in [2.05, 4.69) is 34.9 Å². The topological polar surface area (TPSA) is 112 Å². The minimum absolute atomic E-state index is 0.00790. The molecule has 9 nitrogen and oxygen atoms in total. The summed E-state index contributed by atoms with van der Waals surface area (Å²) in [6.07, 6.45) is 0.913. The maximum absolute atomic E-state index is 12.6. The average Bonchev–Trinajstić information content (AvgIpc) is 3.29. The van der Waals surface area contributed by atoms with Crippen molar-refractivity contribution in [3.8, 4) is 11.1 Å². The van der Waals surface area contributed by atoms with E-state index in [1.54, 1.807) is 20.8 Å². The third kappa shape index (κ3) is 11.4. The first-order valence-corrected chi connectivity index (χ1v) is 15.9. The molecule has 0 unspecified atom stereocenters. The molecule has 3 rings (SSSR count). The Kier molecular flexibility index (Phi) is 12.9. The number of rotatable bonds is 14. The standard InChI is InChI=1S/C35H48N2O7S/c1-34(2,3)43-21-23(31(38)41-7)20-30(45)29(37-33(40)44-35(4,5)6)18-12-13-19-36-32(39)42-22-28-26-16-10-8-14-24(26)25-15-9-11-17-27(25)28/h8-11,14-17,23,28-29H,12-13,18-22H2,1-7H3,(H,36,39)(H,37,40)/t23-,29-/m0/s1. The summed E-state index contributed by atoms with van der Waals surface area (Å²) in [6.45, 7) is 11.8. The number of esters is 1. The second-order valence-electron chi connectivity index (χ2n) is 13.3. The van der Waals surface area contributed by atoms with Crippen molar-refractivity contribution in [2.45, 2.75) is 90.4 Å². The number of alkyl carbamates (subject to hydrolysis) is 2. The van der Waals surface area contributed by atoms with Crippen LogP contribution >= 0.6 is 12.2 Å². The van der Waals surface area contributed by atoms with Crippen LogP contribution in [0.5, 0.6) is 0 Å². The lowest BCUT2D eigenvalue weighted by molar-refractivity contribution is -0.149. The summed E-state index contributed by atoms with van der Waals surface area (Å²) in [4.78, 5) is 38.2. The van der Waals surface area contributed by atoms with Gasteiger partial charge in [0.05, 0.1) is 31.3 Å². The third-order valence-electron chi connectivity index (χ3n) is 7.31. The highest BCUT2D eigenvalue weighted by Gasteiger charge is 2.30. The van der Waals surface area contributed by atoms with Crippen LogP contribution in [0.4, 0.5) is 9.59 Å². The maximum atomic E-state index is 12.6. The second kappa shape index (κ2) is 16.2. The number of hydrogen-bond donors (Lipinski definition) is 2. The van der Waals surface area contributed by atoms with Gasteiger partial charge >= 0.3 is 18.2 Å². The Bertz CT molecular complexity index is 1290. The van der Waals surface area contributed by atoms with Crippen LogP contribution < -0.4 is 10.6 Å². The van der Waals surface area contributed by atoms with Crippen molar-refractivity contribution in [3.05, 3.63) is 59.7 Å². The number of nitrogens with one attached hydrogen (secondary N) is 2. The zero-order valence-electron chi connectivity index (χ0n) is 27.6. The quantitative estimate of drug-likeness (QED) is 0.0988. The molecule has 0 fully saturated rings. The summed E-state index contributed by atoms with van der Waals surface area (Å²) in [5.74, 6) is -1.05. The number of amides is 2. The van der Waals surface area contributed by atoms with Gasteiger partial charge in [0.15, 0.2) is 0 Å². The third-order valence-corrected chi connectivity index (χ3v) is 7.76. The molecular weight excluding hydrogens is 592 g/mol. The van der Waals surface area contributed by atoms with E-state index >= 15 is 0 Å². The number of fused-ring (bicyclic) bond motifs is 3. The average molecular weight is 641 g/mol. The molecular formula is C35H48N2O7S. The Hall–Kier alpha value is -3.50. The summed E-state index contributed by atoms with van der Waals surface area (Å²) < 4.78 is 21.9.